The van der Waals surface area contributed by atoms with E-state index in [1.165, 1.54) is 0 Å². The Morgan fingerprint density at radius 3 is 3.05 bits per heavy atom. The molecule has 3 rings (SSSR count). The molecule has 20 heavy (non-hydrogen) atoms. The fourth-order valence-electron chi connectivity index (χ4n) is 2.21. The number of hydrogen-bond acceptors (Lipinski definition) is 4. The molecule has 0 radical (unpaired) electrons. The molecule has 3 aromatic rings. The van der Waals surface area contributed by atoms with Crippen molar-refractivity contribution in [3.05, 3.63) is 53.5 Å². The van der Waals surface area contributed by atoms with Crippen LogP contribution in [-0.4, -0.2) is 16.8 Å². The van der Waals surface area contributed by atoms with E-state index in [1.807, 2.05) is 41.1 Å². The SMILES string of the molecule is COCc1cc(Cn2ccc3ccc(C#N)cc32)no1. The highest BCUT2D eigenvalue weighted by Gasteiger charge is 2.07. The van der Waals surface area contributed by atoms with Crippen molar-refractivity contribution in [1.29, 1.82) is 5.26 Å². The number of aromatic nitrogens is 2. The van der Waals surface area contributed by atoms with Gasteiger partial charge in [0.15, 0.2) is 5.76 Å². The van der Waals surface area contributed by atoms with Crippen molar-refractivity contribution in [3.8, 4) is 6.07 Å². The van der Waals surface area contributed by atoms with E-state index in [9.17, 15) is 0 Å². The second kappa shape index (κ2) is 5.19. The minimum atomic E-state index is 0.415. The molecule has 2 aromatic heterocycles. The molecular formula is C15H13N3O2. The van der Waals surface area contributed by atoms with Crippen LogP contribution in [0.1, 0.15) is 17.0 Å². The molecule has 1 aromatic carbocycles. The summed E-state index contributed by atoms with van der Waals surface area (Å²) in [6, 6.07) is 11.7. The Morgan fingerprint density at radius 1 is 1.35 bits per heavy atom. The molecule has 0 bridgehead atoms. The van der Waals surface area contributed by atoms with E-state index < -0.39 is 0 Å². The molecule has 0 saturated heterocycles. The Balaban J connectivity index is 1.91. The van der Waals surface area contributed by atoms with Gasteiger partial charge in [-0.3, -0.25) is 0 Å². The zero-order valence-corrected chi connectivity index (χ0v) is 11.0. The molecule has 0 unspecified atom stereocenters. The number of methoxy groups -OCH3 is 1. The Hall–Kier alpha value is -2.58. The summed E-state index contributed by atoms with van der Waals surface area (Å²) in [5, 5.41) is 14.1. The normalized spacial score (nSPS) is 10.8. The molecule has 0 spiro atoms. The van der Waals surface area contributed by atoms with Gasteiger partial charge in [-0.1, -0.05) is 11.2 Å². The number of nitriles is 1. The third-order valence-electron chi connectivity index (χ3n) is 3.13. The monoisotopic (exact) mass is 267 g/mol. The highest BCUT2D eigenvalue weighted by atomic mass is 16.5. The topological polar surface area (TPSA) is 64.0 Å². The summed E-state index contributed by atoms with van der Waals surface area (Å²) in [6.45, 7) is 1.02. The zero-order valence-electron chi connectivity index (χ0n) is 11.0. The minimum absolute atomic E-state index is 0.415. The van der Waals surface area contributed by atoms with Gasteiger partial charge in [-0.25, -0.2) is 0 Å². The highest BCUT2D eigenvalue weighted by molar-refractivity contribution is 5.81. The van der Waals surface area contributed by atoms with E-state index in [0.717, 1.165) is 16.6 Å². The maximum absolute atomic E-state index is 8.98. The molecule has 0 N–H and O–H groups in total. The van der Waals surface area contributed by atoms with Crippen LogP contribution in [0.15, 0.2) is 41.1 Å². The zero-order chi connectivity index (χ0) is 13.9. The lowest BCUT2D eigenvalue weighted by Crippen LogP contribution is -1.98. The van der Waals surface area contributed by atoms with Crippen LogP contribution in [0, 0.1) is 11.3 Å². The second-order valence-corrected chi connectivity index (χ2v) is 4.55. The molecule has 100 valence electrons. The number of ether oxygens (including phenoxy) is 1. The van der Waals surface area contributed by atoms with Crippen LogP contribution in [0.3, 0.4) is 0 Å². The fraction of sp³-hybridized carbons (Fsp3) is 0.200. The van der Waals surface area contributed by atoms with Gasteiger partial charge >= 0.3 is 0 Å². The lowest BCUT2D eigenvalue weighted by atomic mass is 10.2. The largest absolute Gasteiger partial charge is 0.377 e. The van der Waals surface area contributed by atoms with E-state index >= 15 is 0 Å². The van der Waals surface area contributed by atoms with E-state index in [-0.39, 0.29) is 0 Å². The Kier molecular flexibility index (Phi) is 3.23. The average molecular weight is 267 g/mol. The smallest absolute Gasteiger partial charge is 0.162 e. The molecule has 0 saturated carbocycles. The molecule has 5 nitrogen and oxygen atoms in total. The number of nitrogens with zero attached hydrogens (tertiary/aromatic N) is 3. The molecule has 2 heterocycles. The Labute approximate surface area is 116 Å². The van der Waals surface area contributed by atoms with Crippen molar-refractivity contribution >= 4 is 10.9 Å². The summed E-state index contributed by atoms with van der Waals surface area (Å²) in [5.41, 5.74) is 2.50. The van der Waals surface area contributed by atoms with Crippen LogP contribution in [0.2, 0.25) is 0 Å². The number of rotatable bonds is 4. The predicted octanol–water partition coefficient (Wildman–Crippen LogP) is 2.70. The molecule has 0 aliphatic carbocycles. The summed E-state index contributed by atoms with van der Waals surface area (Å²) < 4.78 is 12.2. The third-order valence-corrected chi connectivity index (χ3v) is 3.13. The minimum Gasteiger partial charge on any atom is -0.377 e. The van der Waals surface area contributed by atoms with Crippen LogP contribution < -0.4 is 0 Å². The molecule has 0 aliphatic heterocycles. The van der Waals surface area contributed by atoms with Crippen molar-refractivity contribution < 1.29 is 9.26 Å². The number of benzene rings is 1. The van der Waals surface area contributed by atoms with E-state index in [2.05, 4.69) is 11.2 Å². The Morgan fingerprint density at radius 2 is 2.25 bits per heavy atom. The van der Waals surface area contributed by atoms with E-state index in [0.29, 0.717) is 24.5 Å². The lowest BCUT2D eigenvalue weighted by molar-refractivity contribution is 0.155. The summed E-state index contributed by atoms with van der Waals surface area (Å²) in [7, 11) is 1.62. The highest BCUT2D eigenvalue weighted by Crippen LogP contribution is 2.19. The van der Waals surface area contributed by atoms with Gasteiger partial charge in [-0.15, -0.1) is 0 Å². The summed E-state index contributed by atoms with van der Waals surface area (Å²) in [6.07, 6.45) is 1.98. The van der Waals surface area contributed by atoms with Gasteiger partial charge in [0, 0.05) is 24.9 Å². The van der Waals surface area contributed by atoms with Gasteiger partial charge in [0.05, 0.1) is 18.2 Å². The summed E-state index contributed by atoms with van der Waals surface area (Å²) in [5.74, 6) is 0.705. The average Bonchev–Trinajstić information content (AvgIpc) is 3.07. The van der Waals surface area contributed by atoms with Gasteiger partial charge in [0.25, 0.3) is 0 Å². The van der Waals surface area contributed by atoms with Crippen LogP contribution >= 0.6 is 0 Å². The van der Waals surface area contributed by atoms with E-state index in [1.54, 1.807) is 7.11 Å². The van der Waals surface area contributed by atoms with Crippen molar-refractivity contribution in [1.82, 2.24) is 9.72 Å². The van der Waals surface area contributed by atoms with Crippen LogP contribution in [0.5, 0.6) is 0 Å². The molecule has 0 aliphatic rings. The van der Waals surface area contributed by atoms with Crippen molar-refractivity contribution in [2.24, 2.45) is 0 Å². The first kappa shape index (κ1) is 12.5. The molecule has 0 fully saturated rings. The van der Waals surface area contributed by atoms with E-state index in [4.69, 9.17) is 14.5 Å². The third kappa shape index (κ3) is 2.29. The first-order chi connectivity index (χ1) is 9.80. The lowest BCUT2D eigenvalue weighted by Gasteiger charge is -2.02. The van der Waals surface area contributed by atoms with Gasteiger partial charge in [-0.2, -0.15) is 5.26 Å². The molecule has 5 heteroatoms. The second-order valence-electron chi connectivity index (χ2n) is 4.55. The van der Waals surface area contributed by atoms with Crippen molar-refractivity contribution in [3.63, 3.8) is 0 Å². The van der Waals surface area contributed by atoms with Gasteiger partial charge < -0.3 is 13.8 Å². The fourth-order valence-corrected chi connectivity index (χ4v) is 2.21. The van der Waals surface area contributed by atoms with Gasteiger partial charge in [0.1, 0.15) is 12.3 Å². The van der Waals surface area contributed by atoms with Crippen LogP contribution in [0.4, 0.5) is 0 Å². The Bertz CT molecular complexity index is 780. The molecule has 0 amide bonds. The summed E-state index contributed by atoms with van der Waals surface area (Å²) in [4.78, 5) is 0. The summed E-state index contributed by atoms with van der Waals surface area (Å²) >= 11 is 0. The van der Waals surface area contributed by atoms with Crippen LogP contribution in [-0.2, 0) is 17.9 Å². The maximum Gasteiger partial charge on any atom is 0.162 e. The van der Waals surface area contributed by atoms with Gasteiger partial charge in [0.2, 0.25) is 0 Å². The molecular weight excluding hydrogens is 254 g/mol. The first-order valence-corrected chi connectivity index (χ1v) is 6.22. The van der Waals surface area contributed by atoms with Gasteiger partial charge in [-0.05, 0) is 23.6 Å². The predicted molar refractivity (Wildman–Crippen MR) is 73.0 cm³/mol. The maximum atomic E-state index is 8.98. The van der Waals surface area contributed by atoms with Crippen molar-refractivity contribution in [2.45, 2.75) is 13.2 Å². The molecule has 0 atom stereocenters. The number of fused-ring (bicyclic) bond motifs is 1. The number of hydrogen-bond donors (Lipinski definition) is 0. The van der Waals surface area contributed by atoms with Crippen LogP contribution in [0.25, 0.3) is 10.9 Å². The van der Waals surface area contributed by atoms with Crippen molar-refractivity contribution in [2.75, 3.05) is 7.11 Å². The first-order valence-electron chi connectivity index (χ1n) is 6.22. The quantitative estimate of drug-likeness (QED) is 0.729. The standard InChI is InChI=1S/C15H13N3O2/c1-19-10-14-7-13(17-20-14)9-18-5-4-12-3-2-11(8-16)6-15(12)18/h2-7H,9-10H2,1H3.